The predicted molar refractivity (Wildman–Crippen MR) is 48.1 cm³/mol. The maximum absolute atomic E-state index is 12.5. The molecule has 0 bridgehead atoms. The summed E-state index contributed by atoms with van der Waals surface area (Å²) >= 11 is 0. The summed E-state index contributed by atoms with van der Waals surface area (Å²) in [7, 11) is 6.57. The minimum atomic E-state index is -4.44. The van der Waals surface area contributed by atoms with Crippen LogP contribution in [0, 0.1) is 6.92 Å². The molecular weight excluding hydrogens is 192 g/mol. The van der Waals surface area contributed by atoms with Gasteiger partial charge in [-0.25, -0.2) is 0 Å². The molecule has 14 heavy (non-hydrogen) atoms. The number of methoxy groups -OCH3 is 1. The largest absolute Gasteiger partial charge is 0.496 e. The third kappa shape index (κ3) is 1.86. The highest BCUT2D eigenvalue weighted by Gasteiger charge is 2.34. The molecular formula is C9H8BF3O. The van der Waals surface area contributed by atoms with E-state index in [2.05, 4.69) is 0 Å². The van der Waals surface area contributed by atoms with Gasteiger partial charge in [0, 0.05) is 5.56 Å². The maximum atomic E-state index is 12.5. The number of alkyl halides is 3. The predicted octanol–water partition coefficient (Wildman–Crippen LogP) is 1.82. The lowest BCUT2D eigenvalue weighted by molar-refractivity contribution is -0.137. The molecule has 0 unspecified atom stereocenters. The monoisotopic (exact) mass is 200 g/mol. The lowest BCUT2D eigenvalue weighted by Crippen LogP contribution is -2.21. The first-order chi connectivity index (χ1) is 6.38. The lowest BCUT2D eigenvalue weighted by Gasteiger charge is -2.16. The first-order valence-electron chi connectivity index (χ1n) is 3.88. The molecule has 0 aliphatic heterocycles. The zero-order valence-electron chi connectivity index (χ0n) is 7.77. The van der Waals surface area contributed by atoms with E-state index in [1.807, 2.05) is 0 Å². The van der Waals surface area contributed by atoms with Crippen molar-refractivity contribution in [1.82, 2.24) is 0 Å². The summed E-state index contributed by atoms with van der Waals surface area (Å²) in [6.45, 7) is 1.33. The van der Waals surface area contributed by atoms with Crippen molar-refractivity contribution in [1.29, 1.82) is 0 Å². The number of ether oxygens (including phenoxy) is 1. The Labute approximate surface area is 81.3 Å². The SMILES string of the molecule is [B]c1ccc(OC)c(C)c1C(F)(F)F. The molecule has 1 aromatic carbocycles. The molecule has 0 saturated heterocycles. The molecule has 0 amide bonds. The van der Waals surface area contributed by atoms with Gasteiger partial charge in [0.05, 0.1) is 12.7 Å². The number of benzene rings is 1. The van der Waals surface area contributed by atoms with Crippen molar-refractivity contribution in [2.24, 2.45) is 0 Å². The zero-order chi connectivity index (χ0) is 10.9. The molecule has 0 aromatic heterocycles. The van der Waals surface area contributed by atoms with Crippen LogP contribution in [-0.4, -0.2) is 15.0 Å². The standard InChI is InChI=1S/C9H8BF3O/c1-5-7(14-2)4-3-6(10)8(5)9(11,12)13/h3-4H,1-2H3. The van der Waals surface area contributed by atoms with Crippen LogP contribution in [0.25, 0.3) is 0 Å². The van der Waals surface area contributed by atoms with Gasteiger partial charge in [0.2, 0.25) is 0 Å². The molecule has 0 aliphatic rings. The van der Waals surface area contributed by atoms with Crippen LogP contribution in [0.5, 0.6) is 5.75 Å². The Morgan fingerprint density at radius 3 is 2.29 bits per heavy atom. The smallest absolute Gasteiger partial charge is 0.416 e. The van der Waals surface area contributed by atoms with Gasteiger partial charge in [0.25, 0.3) is 0 Å². The van der Waals surface area contributed by atoms with Crippen LogP contribution in [0.1, 0.15) is 11.1 Å². The van der Waals surface area contributed by atoms with Crippen molar-refractivity contribution in [3.05, 3.63) is 23.3 Å². The topological polar surface area (TPSA) is 9.23 Å². The van der Waals surface area contributed by atoms with E-state index in [1.165, 1.54) is 26.2 Å². The first kappa shape index (κ1) is 11.0. The van der Waals surface area contributed by atoms with Crippen molar-refractivity contribution in [3.8, 4) is 5.75 Å². The van der Waals surface area contributed by atoms with Crippen molar-refractivity contribution in [2.45, 2.75) is 13.1 Å². The Kier molecular flexibility index (Phi) is 2.78. The molecule has 2 radical (unpaired) electrons. The van der Waals surface area contributed by atoms with E-state index in [4.69, 9.17) is 12.6 Å². The van der Waals surface area contributed by atoms with Gasteiger partial charge in [-0.15, -0.1) is 0 Å². The van der Waals surface area contributed by atoms with Crippen LogP contribution in [0.15, 0.2) is 12.1 Å². The summed E-state index contributed by atoms with van der Waals surface area (Å²) in [5.41, 5.74) is -1.09. The second-order valence-electron chi connectivity index (χ2n) is 2.85. The van der Waals surface area contributed by atoms with Crippen LogP contribution in [0.4, 0.5) is 13.2 Å². The van der Waals surface area contributed by atoms with Crippen LogP contribution in [0.2, 0.25) is 0 Å². The average Bonchev–Trinajstić information content (AvgIpc) is 2.02. The number of rotatable bonds is 1. The Hall–Kier alpha value is -1.13. The lowest BCUT2D eigenvalue weighted by atomic mass is 9.87. The van der Waals surface area contributed by atoms with E-state index in [9.17, 15) is 13.2 Å². The fraction of sp³-hybridized carbons (Fsp3) is 0.333. The molecule has 0 N–H and O–H groups in total. The van der Waals surface area contributed by atoms with Crippen molar-refractivity contribution in [2.75, 3.05) is 7.11 Å². The third-order valence-corrected chi connectivity index (χ3v) is 1.95. The zero-order valence-corrected chi connectivity index (χ0v) is 7.77. The fourth-order valence-corrected chi connectivity index (χ4v) is 1.31. The quantitative estimate of drug-likeness (QED) is 0.628. The maximum Gasteiger partial charge on any atom is 0.416 e. The van der Waals surface area contributed by atoms with Crippen molar-refractivity contribution < 1.29 is 17.9 Å². The van der Waals surface area contributed by atoms with Crippen LogP contribution >= 0.6 is 0 Å². The summed E-state index contributed by atoms with van der Waals surface area (Å²) in [4.78, 5) is 0. The summed E-state index contributed by atoms with van der Waals surface area (Å²) in [5, 5.41) is 0. The van der Waals surface area contributed by atoms with Gasteiger partial charge in [-0.2, -0.15) is 13.2 Å². The van der Waals surface area contributed by atoms with E-state index in [0.717, 1.165) is 0 Å². The molecule has 1 rings (SSSR count). The highest BCUT2D eigenvalue weighted by molar-refractivity contribution is 6.33. The minimum absolute atomic E-state index is 0.0139. The van der Waals surface area contributed by atoms with Gasteiger partial charge >= 0.3 is 6.18 Å². The highest BCUT2D eigenvalue weighted by Crippen LogP contribution is 2.33. The summed E-state index contributed by atoms with van der Waals surface area (Å²) < 4.78 is 42.3. The summed E-state index contributed by atoms with van der Waals surface area (Å²) in [5.74, 6) is 0.187. The van der Waals surface area contributed by atoms with Crippen LogP contribution < -0.4 is 10.2 Å². The minimum Gasteiger partial charge on any atom is -0.496 e. The van der Waals surface area contributed by atoms with Crippen molar-refractivity contribution >= 4 is 13.3 Å². The van der Waals surface area contributed by atoms with E-state index in [1.54, 1.807) is 0 Å². The van der Waals surface area contributed by atoms with Crippen molar-refractivity contribution in [3.63, 3.8) is 0 Å². The second-order valence-corrected chi connectivity index (χ2v) is 2.85. The van der Waals surface area contributed by atoms with Gasteiger partial charge in [-0.3, -0.25) is 0 Å². The Morgan fingerprint density at radius 1 is 1.29 bits per heavy atom. The Balaban J connectivity index is 3.40. The van der Waals surface area contributed by atoms with Gasteiger partial charge in [0.15, 0.2) is 0 Å². The normalized spacial score (nSPS) is 11.5. The summed E-state index contributed by atoms with van der Waals surface area (Å²) in [6.07, 6.45) is -4.44. The second kappa shape index (κ2) is 3.56. The third-order valence-electron chi connectivity index (χ3n) is 1.95. The van der Waals surface area contributed by atoms with E-state index in [0.29, 0.717) is 0 Å². The number of halogens is 3. The Bertz CT molecular complexity index is 347. The van der Waals surface area contributed by atoms with Crippen LogP contribution in [0.3, 0.4) is 0 Å². The van der Waals surface area contributed by atoms with Gasteiger partial charge < -0.3 is 4.74 Å². The molecule has 0 saturated carbocycles. The first-order valence-corrected chi connectivity index (χ1v) is 3.88. The molecule has 0 heterocycles. The molecule has 0 fully saturated rings. The molecule has 0 atom stereocenters. The molecule has 74 valence electrons. The van der Waals surface area contributed by atoms with E-state index >= 15 is 0 Å². The molecule has 0 spiro atoms. The van der Waals surface area contributed by atoms with Crippen LogP contribution in [-0.2, 0) is 6.18 Å². The van der Waals surface area contributed by atoms with Gasteiger partial charge in [0.1, 0.15) is 13.6 Å². The average molecular weight is 200 g/mol. The molecule has 5 heteroatoms. The van der Waals surface area contributed by atoms with E-state index < -0.39 is 11.7 Å². The number of hydrogen-bond donors (Lipinski definition) is 0. The van der Waals surface area contributed by atoms with Gasteiger partial charge in [-0.1, -0.05) is 11.5 Å². The molecule has 1 aromatic rings. The highest BCUT2D eigenvalue weighted by atomic mass is 19.4. The number of hydrogen-bond acceptors (Lipinski definition) is 1. The fourth-order valence-electron chi connectivity index (χ4n) is 1.31. The van der Waals surface area contributed by atoms with E-state index in [-0.39, 0.29) is 16.8 Å². The molecule has 1 nitrogen and oxygen atoms in total. The summed E-state index contributed by atoms with van der Waals surface area (Å²) in [6, 6.07) is 2.61. The Morgan fingerprint density at radius 2 is 1.86 bits per heavy atom. The molecule has 0 aliphatic carbocycles. The van der Waals surface area contributed by atoms with Gasteiger partial charge in [-0.05, 0) is 13.0 Å².